The van der Waals surface area contributed by atoms with Crippen LogP contribution in [0.5, 0.6) is 0 Å². The highest BCUT2D eigenvalue weighted by Crippen LogP contribution is 2.27. The van der Waals surface area contributed by atoms with Crippen molar-refractivity contribution in [2.24, 2.45) is 0 Å². The van der Waals surface area contributed by atoms with Crippen molar-refractivity contribution in [3.8, 4) is 17.3 Å². The number of benzene rings is 2. The number of rotatable bonds is 1. The lowest BCUT2D eigenvalue weighted by Crippen LogP contribution is -1.93. The Bertz CT molecular complexity index is 797. The monoisotopic (exact) mass is 252 g/mol. The molecular weight excluding hydrogens is 243 g/mol. The van der Waals surface area contributed by atoms with Gasteiger partial charge in [-0.1, -0.05) is 6.07 Å². The van der Waals surface area contributed by atoms with Gasteiger partial charge in [0, 0.05) is 10.9 Å². The molecule has 3 nitrogen and oxygen atoms in total. The first-order chi connectivity index (χ1) is 9.19. The molecule has 0 aliphatic heterocycles. The van der Waals surface area contributed by atoms with E-state index >= 15 is 0 Å². The van der Waals surface area contributed by atoms with E-state index in [0.29, 0.717) is 22.3 Å². The Balaban J connectivity index is 2.23. The Kier molecular flexibility index (Phi) is 2.46. The van der Waals surface area contributed by atoms with Crippen LogP contribution in [0.2, 0.25) is 0 Å². The summed E-state index contributed by atoms with van der Waals surface area (Å²) in [5, 5.41) is 19.8. The Hall–Kier alpha value is -2.80. The first kappa shape index (κ1) is 11.3. The lowest BCUT2D eigenvalue weighted by Gasteiger charge is -2.02. The minimum Gasteiger partial charge on any atom is -0.428 e. The molecule has 0 aliphatic carbocycles. The summed E-state index contributed by atoms with van der Waals surface area (Å²) in [4.78, 5) is 0. The van der Waals surface area contributed by atoms with Crippen molar-refractivity contribution in [2.75, 3.05) is 0 Å². The summed E-state index contributed by atoms with van der Waals surface area (Å²) >= 11 is 0. The van der Waals surface area contributed by atoms with Crippen molar-refractivity contribution in [1.82, 2.24) is 4.73 Å². The van der Waals surface area contributed by atoms with Crippen LogP contribution in [0.15, 0.2) is 48.5 Å². The summed E-state index contributed by atoms with van der Waals surface area (Å²) in [5.74, 6) is -0.323. The molecule has 0 bridgehead atoms. The summed E-state index contributed by atoms with van der Waals surface area (Å²) in [6, 6.07) is 14.8. The third-order valence-corrected chi connectivity index (χ3v) is 3.05. The highest BCUT2D eigenvalue weighted by molar-refractivity contribution is 5.87. The van der Waals surface area contributed by atoms with Gasteiger partial charge in [-0.2, -0.15) is 9.99 Å². The number of nitriles is 1. The Labute approximate surface area is 108 Å². The van der Waals surface area contributed by atoms with E-state index in [-0.39, 0.29) is 5.82 Å². The maximum atomic E-state index is 12.9. The molecule has 1 heterocycles. The van der Waals surface area contributed by atoms with E-state index in [2.05, 4.69) is 0 Å². The molecule has 19 heavy (non-hydrogen) atoms. The molecule has 0 unspecified atom stereocenters. The van der Waals surface area contributed by atoms with E-state index in [4.69, 9.17) is 5.26 Å². The minimum absolute atomic E-state index is 0.323. The van der Waals surface area contributed by atoms with Crippen molar-refractivity contribution in [3.05, 3.63) is 59.9 Å². The highest BCUT2D eigenvalue weighted by Gasteiger charge is 2.10. The Morgan fingerprint density at radius 3 is 2.47 bits per heavy atom. The fourth-order valence-corrected chi connectivity index (χ4v) is 2.08. The van der Waals surface area contributed by atoms with E-state index < -0.39 is 0 Å². The molecule has 0 saturated carbocycles. The quantitative estimate of drug-likeness (QED) is 0.673. The Morgan fingerprint density at radius 1 is 1.05 bits per heavy atom. The van der Waals surface area contributed by atoms with Crippen LogP contribution < -0.4 is 0 Å². The van der Waals surface area contributed by atoms with Gasteiger partial charge in [0.25, 0.3) is 0 Å². The zero-order chi connectivity index (χ0) is 13.4. The molecule has 0 atom stereocenters. The van der Waals surface area contributed by atoms with Crippen molar-refractivity contribution in [3.63, 3.8) is 0 Å². The van der Waals surface area contributed by atoms with Gasteiger partial charge in [0.15, 0.2) is 0 Å². The SMILES string of the molecule is N#Cc1ccc2cc(-c3ccc(F)cc3)n(O)c2c1. The molecule has 2 aromatic carbocycles. The molecule has 0 amide bonds. The summed E-state index contributed by atoms with van der Waals surface area (Å²) < 4.78 is 13.9. The molecule has 1 N–H and O–H groups in total. The lowest BCUT2D eigenvalue weighted by atomic mass is 10.1. The highest BCUT2D eigenvalue weighted by atomic mass is 19.1. The van der Waals surface area contributed by atoms with E-state index in [1.807, 2.05) is 6.07 Å². The van der Waals surface area contributed by atoms with Crippen LogP contribution in [0, 0.1) is 17.1 Å². The van der Waals surface area contributed by atoms with Gasteiger partial charge in [0.2, 0.25) is 0 Å². The van der Waals surface area contributed by atoms with Crippen molar-refractivity contribution in [1.29, 1.82) is 5.26 Å². The van der Waals surface area contributed by atoms with Crippen molar-refractivity contribution in [2.45, 2.75) is 0 Å². The molecule has 0 saturated heterocycles. The van der Waals surface area contributed by atoms with Gasteiger partial charge in [-0.15, -0.1) is 0 Å². The fourth-order valence-electron chi connectivity index (χ4n) is 2.08. The molecule has 0 fully saturated rings. The average molecular weight is 252 g/mol. The zero-order valence-corrected chi connectivity index (χ0v) is 9.84. The molecular formula is C15H9FN2O. The topological polar surface area (TPSA) is 49.0 Å². The van der Waals surface area contributed by atoms with Gasteiger partial charge >= 0.3 is 0 Å². The predicted octanol–water partition coefficient (Wildman–Crippen LogP) is 3.56. The van der Waals surface area contributed by atoms with Crippen LogP contribution in [0.25, 0.3) is 22.2 Å². The maximum Gasteiger partial charge on any atom is 0.123 e. The number of aromatic nitrogens is 1. The summed E-state index contributed by atoms with van der Waals surface area (Å²) in [5.41, 5.74) is 2.30. The predicted molar refractivity (Wildman–Crippen MR) is 69.2 cm³/mol. The van der Waals surface area contributed by atoms with Crippen LogP contribution in [-0.2, 0) is 0 Å². The molecule has 4 heteroatoms. The van der Waals surface area contributed by atoms with Gasteiger partial charge in [-0.25, -0.2) is 4.39 Å². The number of fused-ring (bicyclic) bond motifs is 1. The standard InChI is InChI=1S/C15H9FN2O/c16-13-5-3-11(4-6-13)15-8-12-2-1-10(9-17)7-14(12)18(15)19/h1-8,19H. The van der Waals surface area contributed by atoms with E-state index in [1.165, 1.54) is 12.1 Å². The first-order valence-electron chi connectivity index (χ1n) is 5.70. The fraction of sp³-hybridized carbons (Fsp3) is 0. The van der Waals surface area contributed by atoms with Gasteiger partial charge in [-0.3, -0.25) is 0 Å². The number of hydrogen-bond acceptors (Lipinski definition) is 2. The second kappa shape index (κ2) is 4.14. The van der Waals surface area contributed by atoms with E-state index in [0.717, 1.165) is 10.1 Å². The third-order valence-electron chi connectivity index (χ3n) is 3.05. The lowest BCUT2D eigenvalue weighted by molar-refractivity contribution is 0.205. The smallest absolute Gasteiger partial charge is 0.123 e. The van der Waals surface area contributed by atoms with Crippen molar-refractivity contribution >= 4 is 10.9 Å². The van der Waals surface area contributed by atoms with Crippen LogP contribution in [0.4, 0.5) is 4.39 Å². The molecule has 0 radical (unpaired) electrons. The molecule has 92 valence electrons. The second-order valence-corrected chi connectivity index (χ2v) is 4.23. The zero-order valence-electron chi connectivity index (χ0n) is 9.84. The second-order valence-electron chi connectivity index (χ2n) is 4.23. The van der Waals surface area contributed by atoms with E-state index in [9.17, 15) is 9.60 Å². The van der Waals surface area contributed by atoms with Crippen LogP contribution in [0.3, 0.4) is 0 Å². The number of hydrogen-bond donors (Lipinski definition) is 1. The molecule has 0 aliphatic rings. The summed E-state index contributed by atoms with van der Waals surface area (Å²) in [6.07, 6.45) is 0. The average Bonchev–Trinajstić information content (AvgIpc) is 2.76. The number of halogens is 1. The van der Waals surface area contributed by atoms with Gasteiger partial charge < -0.3 is 5.21 Å². The van der Waals surface area contributed by atoms with Crippen molar-refractivity contribution < 1.29 is 9.60 Å². The molecule has 3 rings (SSSR count). The molecule has 3 aromatic rings. The minimum atomic E-state index is -0.323. The van der Waals surface area contributed by atoms with Crippen LogP contribution in [0.1, 0.15) is 5.56 Å². The Morgan fingerprint density at radius 2 is 1.79 bits per heavy atom. The van der Waals surface area contributed by atoms with Crippen LogP contribution >= 0.6 is 0 Å². The van der Waals surface area contributed by atoms with Gasteiger partial charge in [-0.05, 0) is 42.5 Å². The summed E-state index contributed by atoms with van der Waals surface area (Å²) in [6.45, 7) is 0. The molecule has 0 spiro atoms. The van der Waals surface area contributed by atoms with Gasteiger partial charge in [0.1, 0.15) is 5.82 Å². The normalized spacial score (nSPS) is 10.5. The summed E-state index contributed by atoms with van der Waals surface area (Å²) in [7, 11) is 0. The molecule has 1 aromatic heterocycles. The first-order valence-corrected chi connectivity index (χ1v) is 5.70. The van der Waals surface area contributed by atoms with Crippen LogP contribution in [-0.4, -0.2) is 9.94 Å². The van der Waals surface area contributed by atoms with E-state index in [1.54, 1.807) is 36.4 Å². The third kappa shape index (κ3) is 1.81. The number of nitrogens with zero attached hydrogens (tertiary/aromatic N) is 2. The maximum absolute atomic E-state index is 12.9. The van der Waals surface area contributed by atoms with Gasteiger partial charge in [0.05, 0.1) is 22.8 Å². The largest absolute Gasteiger partial charge is 0.428 e.